The van der Waals surface area contributed by atoms with Crippen molar-refractivity contribution in [1.82, 2.24) is 5.32 Å². The number of hydrogen-bond acceptors (Lipinski definition) is 4. The van der Waals surface area contributed by atoms with E-state index in [0.717, 1.165) is 18.4 Å². The van der Waals surface area contributed by atoms with Crippen LogP contribution < -0.4 is 15.8 Å². The zero-order valence-corrected chi connectivity index (χ0v) is 12.1. The predicted molar refractivity (Wildman–Crippen MR) is 77.5 cm³/mol. The largest absolute Gasteiger partial charge is 0.482 e. The van der Waals surface area contributed by atoms with Crippen LogP contribution in [0.15, 0.2) is 18.2 Å². The van der Waals surface area contributed by atoms with Crippen molar-refractivity contribution in [3.05, 3.63) is 28.8 Å². The monoisotopic (exact) mass is 295 g/mol. The molecule has 1 aromatic rings. The average Bonchev–Trinajstić information content (AvgIpc) is 2.44. The Morgan fingerprint density at radius 3 is 2.95 bits per heavy atom. The second-order valence-electron chi connectivity index (χ2n) is 4.36. The Bertz CT molecular complexity index is 500. The molecule has 6 heteroatoms. The maximum atomic E-state index is 11.3. The number of nitriles is 1. The molecule has 0 heterocycles. The van der Waals surface area contributed by atoms with E-state index in [1.54, 1.807) is 12.1 Å². The molecule has 0 aliphatic rings. The molecule has 5 nitrogen and oxygen atoms in total. The number of amides is 1. The second-order valence-corrected chi connectivity index (χ2v) is 4.77. The third-order valence-corrected chi connectivity index (χ3v) is 3.04. The number of carbonyl (C=O) groups excluding carboxylic acids is 1. The van der Waals surface area contributed by atoms with Crippen LogP contribution in [0, 0.1) is 11.3 Å². The lowest BCUT2D eigenvalue weighted by molar-refractivity contribution is -0.122. The summed E-state index contributed by atoms with van der Waals surface area (Å²) in [5.41, 5.74) is 6.92. The van der Waals surface area contributed by atoms with Crippen LogP contribution in [0.25, 0.3) is 0 Å². The number of benzene rings is 1. The Kier molecular flexibility index (Phi) is 6.85. The Hall–Kier alpha value is -1.77. The number of halogens is 1. The Balaban J connectivity index is 2.56. The molecule has 108 valence electrons. The number of ether oxygens (including phenoxy) is 1. The summed E-state index contributed by atoms with van der Waals surface area (Å²) >= 11 is 6.09. The lowest BCUT2D eigenvalue weighted by Gasteiger charge is -2.11. The molecule has 1 rings (SSSR count). The molecular formula is C14H18ClN3O2. The van der Waals surface area contributed by atoms with E-state index >= 15 is 0 Å². The van der Waals surface area contributed by atoms with Crippen LogP contribution in [0.2, 0.25) is 5.02 Å². The highest BCUT2D eigenvalue weighted by Crippen LogP contribution is 2.26. The van der Waals surface area contributed by atoms with Crippen molar-refractivity contribution in [1.29, 1.82) is 5.26 Å². The zero-order chi connectivity index (χ0) is 15.0. The van der Waals surface area contributed by atoms with Crippen LogP contribution in [0.1, 0.15) is 18.9 Å². The molecule has 0 aliphatic heterocycles. The number of rotatable bonds is 7. The van der Waals surface area contributed by atoms with Gasteiger partial charge in [0.05, 0.1) is 11.1 Å². The summed E-state index contributed by atoms with van der Waals surface area (Å²) in [5.74, 6) is 0.0762. The van der Waals surface area contributed by atoms with Crippen LogP contribution in [0.5, 0.6) is 5.75 Å². The summed E-state index contributed by atoms with van der Waals surface area (Å²) in [4.78, 5) is 11.3. The first-order valence-electron chi connectivity index (χ1n) is 6.37. The lowest BCUT2D eigenvalue weighted by Crippen LogP contribution is -2.29. The Morgan fingerprint density at radius 2 is 2.35 bits per heavy atom. The van der Waals surface area contributed by atoms with Gasteiger partial charge in [0.1, 0.15) is 12.3 Å². The van der Waals surface area contributed by atoms with Gasteiger partial charge in [-0.25, -0.2) is 0 Å². The van der Waals surface area contributed by atoms with Crippen LogP contribution in [0.4, 0.5) is 0 Å². The van der Waals surface area contributed by atoms with Gasteiger partial charge in [-0.2, -0.15) is 5.26 Å². The molecule has 0 saturated heterocycles. The van der Waals surface area contributed by atoms with Gasteiger partial charge in [0, 0.05) is 6.04 Å². The van der Waals surface area contributed by atoms with Gasteiger partial charge in [0.15, 0.2) is 6.61 Å². The van der Waals surface area contributed by atoms with Crippen LogP contribution in [-0.2, 0) is 11.2 Å². The molecule has 0 spiro atoms. The normalized spacial score (nSPS) is 11.5. The van der Waals surface area contributed by atoms with Crippen LogP contribution in [0.3, 0.4) is 0 Å². The first-order chi connectivity index (χ1) is 9.56. The summed E-state index contributed by atoms with van der Waals surface area (Å²) in [6.07, 6.45) is 1.65. The molecule has 1 amide bonds. The van der Waals surface area contributed by atoms with E-state index in [9.17, 15) is 4.79 Å². The molecule has 20 heavy (non-hydrogen) atoms. The molecule has 0 fully saturated rings. The topological polar surface area (TPSA) is 88.1 Å². The van der Waals surface area contributed by atoms with Crippen molar-refractivity contribution >= 4 is 17.5 Å². The number of nitrogens with one attached hydrogen (secondary N) is 1. The maximum absolute atomic E-state index is 11.3. The van der Waals surface area contributed by atoms with E-state index in [1.807, 2.05) is 19.1 Å². The van der Waals surface area contributed by atoms with Gasteiger partial charge in [-0.05, 0) is 30.5 Å². The van der Waals surface area contributed by atoms with E-state index in [-0.39, 0.29) is 25.1 Å². The fourth-order valence-corrected chi connectivity index (χ4v) is 1.83. The van der Waals surface area contributed by atoms with Gasteiger partial charge >= 0.3 is 0 Å². The van der Waals surface area contributed by atoms with Gasteiger partial charge in [-0.15, -0.1) is 0 Å². The van der Waals surface area contributed by atoms with Gasteiger partial charge in [0.25, 0.3) is 5.91 Å². The Morgan fingerprint density at radius 1 is 1.60 bits per heavy atom. The summed E-state index contributed by atoms with van der Waals surface area (Å²) in [6.45, 7) is 1.82. The summed E-state index contributed by atoms with van der Waals surface area (Å²) in [7, 11) is 0. The molecule has 0 bridgehead atoms. The Labute approximate surface area is 123 Å². The van der Waals surface area contributed by atoms with E-state index < -0.39 is 0 Å². The zero-order valence-electron chi connectivity index (χ0n) is 11.4. The predicted octanol–water partition coefficient (Wildman–Crippen LogP) is 1.64. The van der Waals surface area contributed by atoms with Crippen LogP contribution >= 0.6 is 11.6 Å². The minimum Gasteiger partial charge on any atom is -0.482 e. The molecule has 1 unspecified atom stereocenters. The highest BCUT2D eigenvalue weighted by molar-refractivity contribution is 6.32. The number of nitrogens with zero attached hydrogens (tertiary/aromatic N) is 1. The average molecular weight is 296 g/mol. The van der Waals surface area contributed by atoms with Gasteiger partial charge < -0.3 is 15.8 Å². The molecule has 1 aromatic carbocycles. The quantitative estimate of drug-likeness (QED) is 0.749. The highest BCUT2D eigenvalue weighted by atomic mass is 35.5. The summed E-state index contributed by atoms with van der Waals surface area (Å²) in [5, 5.41) is 11.2. The van der Waals surface area contributed by atoms with E-state index in [4.69, 9.17) is 27.3 Å². The third-order valence-electron chi connectivity index (χ3n) is 2.74. The first-order valence-corrected chi connectivity index (χ1v) is 6.75. The standard InChI is InChI=1S/C14H18ClN3O2/c1-2-11(17)7-10-3-4-13(12(15)8-10)20-9-14(19)18-6-5-16/h3-4,8,11H,2,6-7,9,17H2,1H3,(H,18,19). The molecule has 0 aliphatic carbocycles. The minimum absolute atomic E-state index is 0.0379. The lowest BCUT2D eigenvalue weighted by atomic mass is 10.0. The third kappa shape index (κ3) is 5.47. The first kappa shape index (κ1) is 16.3. The summed E-state index contributed by atoms with van der Waals surface area (Å²) in [6, 6.07) is 7.31. The smallest absolute Gasteiger partial charge is 0.258 e. The van der Waals surface area contributed by atoms with Gasteiger partial charge in [0.2, 0.25) is 0 Å². The summed E-state index contributed by atoms with van der Waals surface area (Å²) < 4.78 is 5.30. The maximum Gasteiger partial charge on any atom is 0.258 e. The second kappa shape index (κ2) is 8.41. The fourth-order valence-electron chi connectivity index (χ4n) is 1.57. The van der Waals surface area contributed by atoms with Crippen molar-refractivity contribution in [3.8, 4) is 11.8 Å². The van der Waals surface area contributed by atoms with Crippen molar-refractivity contribution in [2.24, 2.45) is 5.73 Å². The fraction of sp³-hybridized carbons (Fsp3) is 0.429. The molecular weight excluding hydrogens is 278 g/mol. The molecule has 3 N–H and O–H groups in total. The van der Waals surface area contributed by atoms with Crippen molar-refractivity contribution < 1.29 is 9.53 Å². The van der Waals surface area contributed by atoms with E-state index in [0.29, 0.717) is 10.8 Å². The molecule has 1 atom stereocenters. The number of nitrogens with two attached hydrogens (primary N) is 1. The van der Waals surface area contributed by atoms with Crippen molar-refractivity contribution in [2.45, 2.75) is 25.8 Å². The van der Waals surface area contributed by atoms with Gasteiger partial charge in [-0.3, -0.25) is 4.79 Å². The molecule has 0 radical (unpaired) electrons. The SMILES string of the molecule is CCC(N)Cc1ccc(OCC(=O)NCC#N)c(Cl)c1. The number of hydrogen-bond donors (Lipinski definition) is 2. The highest BCUT2D eigenvalue weighted by Gasteiger charge is 2.08. The molecule has 0 saturated carbocycles. The molecule has 0 aromatic heterocycles. The van der Waals surface area contributed by atoms with Gasteiger partial charge in [-0.1, -0.05) is 24.6 Å². The minimum atomic E-state index is -0.361. The van der Waals surface area contributed by atoms with Crippen molar-refractivity contribution in [2.75, 3.05) is 13.2 Å². The van der Waals surface area contributed by atoms with Crippen molar-refractivity contribution in [3.63, 3.8) is 0 Å². The van der Waals surface area contributed by atoms with E-state index in [1.165, 1.54) is 0 Å². The van der Waals surface area contributed by atoms with Crippen LogP contribution in [-0.4, -0.2) is 25.1 Å². The van der Waals surface area contributed by atoms with E-state index in [2.05, 4.69) is 5.32 Å². The number of carbonyl (C=O) groups is 1.